The highest BCUT2D eigenvalue weighted by Gasteiger charge is 2.60. The van der Waals surface area contributed by atoms with Crippen LogP contribution in [0.25, 0.3) is 0 Å². The summed E-state index contributed by atoms with van der Waals surface area (Å²) < 4.78 is 6.28. The maximum absolute atomic E-state index is 12.9. The summed E-state index contributed by atoms with van der Waals surface area (Å²) in [5.74, 6) is 4.24. The van der Waals surface area contributed by atoms with Gasteiger partial charge in [-0.05, 0) is 112 Å². The van der Waals surface area contributed by atoms with E-state index in [0.717, 1.165) is 51.4 Å². The van der Waals surface area contributed by atoms with E-state index in [1.54, 1.807) is 0 Å². The molecule has 41 heavy (non-hydrogen) atoms. The van der Waals surface area contributed by atoms with Gasteiger partial charge in [0.1, 0.15) is 6.10 Å². The number of carbonyl (C=O) groups excluding carboxylic acids is 2. The number of carbonyl (C=O) groups is 2. The van der Waals surface area contributed by atoms with Gasteiger partial charge < -0.3 is 4.74 Å². The van der Waals surface area contributed by atoms with Crippen molar-refractivity contribution in [2.75, 3.05) is 0 Å². The van der Waals surface area contributed by atoms with E-state index in [2.05, 4.69) is 52.0 Å². The first-order chi connectivity index (χ1) is 19.8. The molecule has 3 fully saturated rings. The summed E-state index contributed by atoms with van der Waals surface area (Å²) in [4.78, 5) is 25.1. The maximum atomic E-state index is 12.9. The molecule has 0 heterocycles. The number of hydrogen-bond donors (Lipinski definition) is 0. The predicted octanol–water partition coefficient (Wildman–Crippen LogP) is 10.3. The Morgan fingerprint density at radius 1 is 0.902 bits per heavy atom. The topological polar surface area (TPSA) is 43.4 Å². The number of fused-ring (bicyclic) bond motifs is 5. The summed E-state index contributed by atoms with van der Waals surface area (Å²) in [6.45, 7) is 9.57. The average molecular weight is 565 g/mol. The first-order valence-corrected chi connectivity index (χ1v) is 17.6. The van der Waals surface area contributed by atoms with Crippen LogP contribution in [0.5, 0.6) is 0 Å². The summed E-state index contributed by atoms with van der Waals surface area (Å²) in [5.41, 5.74) is 1.55. The van der Waals surface area contributed by atoms with Crippen LogP contribution in [0, 0.1) is 40.9 Å². The van der Waals surface area contributed by atoms with Crippen molar-refractivity contribution in [2.45, 2.75) is 149 Å². The number of rotatable bonds is 15. The number of hydrogen-bond acceptors (Lipinski definition) is 3. The minimum Gasteiger partial charge on any atom is -0.462 e. The first kappa shape index (κ1) is 32.3. The summed E-state index contributed by atoms with van der Waals surface area (Å²) in [5, 5.41) is 0. The summed E-state index contributed by atoms with van der Waals surface area (Å²) in [7, 11) is 0. The zero-order valence-corrected chi connectivity index (χ0v) is 26.9. The van der Waals surface area contributed by atoms with Crippen molar-refractivity contribution in [3.63, 3.8) is 0 Å². The molecule has 0 amide bonds. The molecule has 0 spiro atoms. The molecule has 0 radical (unpaired) electrons. The van der Waals surface area contributed by atoms with Crippen molar-refractivity contribution < 1.29 is 14.3 Å². The number of esters is 1. The lowest BCUT2D eigenvalue weighted by Crippen LogP contribution is -2.54. The summed E-state index contributed by atoms with van der Waals surface area (Å²) in [6, 6.07) is 0. The number of ether oxygens (including phenoxy) is 1. The van der Waals surface area contributed by atoms with Gasteiger partial charge in [-0.25, -0.2) is 0 Å². The minimum atomic E-state index is 0.0324. The Balaban J connectivity index is 1.13. The van der Waals surface area contributed by atoms with E-state index in [0.29, 0.717) is 47.7 Å². The van der Waals surface area contributed by atoms with Gasteiger partial charge in [-0.1, -0.05) is 89.7 Å². The Hall–Kier alpha value is -1.64. The fourth-order valence-electron chi connectivity index (χ4n) is 9.58. The van der Waals surface area contributed by atoms with Crippen molar-refractivity contribution in [2.24, 2.45) is 40.9 Å². The monoisotopic (exact) mass is 564 g/mol. The normalized spacial score (nSPS) is 34.9. The van der Waals surface area contributed by atoms with Gasteiger partial charge >= 0.3 is 5.97 Å². The van der Waals surface area contributed by atoms with Crippen LogP contribution in [-0.2, 0) is 14.3 Å². The van der Waals surface area contributed by atoms with E-state index in [4.69, 9.17) is 4.74 Å². The highest BCUT2D eigenvalue weighted by atomic mass is 16.5. The van der Waals surface area contributed by atoms with Crippen molar-refractivity contribution in [1.82, 2.24) is 0 Å². The van der Waals surface area contributed by atoms with Crippen molar-refractivity contribution >= 4 is 11.8 Å². The molecule has 0 aliphatic heterocycles. The van der Waals surface area contributed by atoms with E-state index < -0.39 is 0 Å². The minimum absolute atomic E-state index is 0.0324. The third kappa shape index (κ3) is 8.26. The quantitative estimate of drug-likeness (QED) is 0.113. The average Bonchev–Trinajstić information content (AvgIpc) is 3.25. The Labute approximate surface area is 252 Å². The van der Waals surface area contributed by atoms with Crippen LogP contribution in [0.4, 0.5) is 0 Å². The smallest absolute Gasteiger partial charge is 0.306 e. The van der Waals surface area contributed by atoms with Gasteiger partial charge in [-0.2, -0.15) is 0 Å². The molecule has 0 aromatic carbocycles. The zero-order chi connectivity index (χ0) is 29.2. The molecular weight excluding hydrogens is 504 g/mol. The van der Waals surface area contributed by atoms with Crippen molar-refractivity contribution in [3.8, 4) is 0 Å². The Morgan fingerprint density at radius 3 is 2.37 bits per heavy atom. The standard InChI is InChI=1S/C38H60O3/c1-5-6-7-8-9-10-11-12-13-14-15-16-17-18-19-20-35(40)41-34-24-23-33-37-28(2)25-30-26-31(39)21-22-32(30)36(37)29(3)27-38(33,34)4/h9-10,12-13,26,28-29,32-34,36-37H,5-8,11,14-25,27H2,1-4H3/b10-9-,13-12-. The predicted molar refractivity (Wildman–Crippen MR) is 170 cm³/mol. The lowest BCUT2D eigenvalue weighted by atomic mass is 9.47. The van der Waals surface area contributed by atoms with Crippen LogP contribution in [-0.4, -0.2) is 17.9 Å². The molecule has 4 aliphatic carbocycles. The van der Waals surface area contributed by atoms with Gasteiger partial charge in [0.05, 0.1) is 0 Å². The van der Waals surface area contributed by atoms with Crippen LogP contribution in [0.1, 0.15) is 143 Å². The van der Waals surface area contributed by atoms with Crippen molar-refractivity contribution in [1.29, 1.82) is 0 Å². The van der Waals surface area contributed by atoms with Gasteiger partial charge in [0.15, 0.2) is 5.78 Å². The zero-order valence-electron chi connectivity index (χ0n) is 26.9. The van der Waals surface area contributed by atoms with Crippen LogP contribution >= 0.6 is 0 Å². The number of allylic oxidation sites excluding steroid dienone is 5. The summed E-state index contributed by atoms with van der Waals surface area (Å²) in [6.07, 6.45) is 31.4. The second kappa shape index (κ2) is 15.7. The SMILES string of the molecule is CCCCC/C=C\C/C=C\CCCCCCCC(=O)OC1CCC2C3C(C)CC4=CC(=O)CCC4C3C(C)CC12C. The first-order valence-electron chi connectivity index (χ1n) is 17.6. The molecule has 0 saturated heterocycles. The van der Waals surface area contributed by atoms with Gasteiger partial charge in [-0.3, -0.25) is 9.59 Å². The fraction of sp³-hybridized carbons (Fsp3) is 0.789. The van der Waals surface area contributed by atoms with E-state index in [9.17, 15) is 9.59 Å². The molecule has 0 bridgehead atoms. The lowest BCUT2D eigenvalue weighted by molar-refractivity contribution is -0.162. The lowest BCUT2D eigenvalue weighted by Gasteiger charge is -2.58. The maximum Gasteiger partial charge on any atom is 0.306 e. The second-order valence-corrected chi connectivity index (χ2v) is 14.5. The highest BCUT2D eigenvalue weighted by Crippen LogP contribution is 2.65. The molecule has 4 aliphatic rings. The molecular formula is C38H60O3. The van der Waals surface area contributed by atoms with Crippen LogP contribution in [0.2, 0.25) is 0 Å². The summed E-state index contributed by atoms with van der Waals surface area (Å²) >= 11 is 0. The van der Waals surface area contributed by atoms with Crippen LogP contribution in [0.3, 0.4) is 0 Å². The fourth-order valence-corrected chi connectivity index (χ4v) is 9.58. The Kier molecular flexibility index (Phi) is 12.4. The molecule has 0 aromatic heterocycles. The van der Waals surface area contributed by atoms with Crippen LogP contribution in [0.15, 0.2) is 36.0 Å². The molecule has 0 aromatic rings. The van der Waals surface area contributed by atoms with E-state index in [1.807, 2.05) is 6.08 Å². The van der Waals surface area contributed by atoms with Gasteiger partial charge in [0.25, 0.3) is 0 Å². The molecule has 8 atom stereocenters. The Morgan fingerprint density at radius 2 is 1.61 bits per heavy atom. The number of unbranched alkanes of at least 4 members (excludes halogenated alkanes) is 8. The highest BCUT2D eigenvalue weighted by molar-refractivity contribution is 5.91. The van der Waals surface area contributed by atoms with Crippen molar-refractivity contribution in [3.05, 3.63) is 36.0 Å². The van der Waals surface area contributed by atoms with E-state index in [1.165, 1.54) is 63.4 Å². The molecule has 3 nitrogen and oxygen atoms in total. The van der Waals surface area contributed by atoms with Gasteiger partial charge in [0, 0.05) is 18.3 Å². The molecule has 8 unspecified atom stereocenters. The van der Waals surface area contributed by atoms with Gasteiger partial charge in [-0.15, -0.1) is 0 Å². The molecule has 4 rings (SSSR count). The molecule has 3 saturated carbocycles. The Bertz CT molecular complexity index is 943. The van der Waals surface area contributed by atoms with Crippen LogP contribution < -0.4 is 0 Å². The third-order valence-corrected chi connectivity index (χ3v) is 11.5. The second-order valence-electron chi connectivity index (χ2n) is 14.5. The molecule has 0 N–H and O–H groups in total. The van der Waals surface area contributed by atoms with E-state index >= 15 is 0 Å². The third-order valence-electron chi connectivity index (χ3n) is 11.5. The van der Waals surface area contributed by atoms with Gasteiger partial charge in [0.2, 0.25) is 0 Å². The largest absolute Gasteiger partial charge is 0.462 e. The van der Waals surface area contributed by atoms with E-state index in [-0.39, 0.29) is 17.5 Å². The molecule has 3 heteroatoms. The molecule has 230 valence electrons. The number of ketones is 1.